The van der Waals surface area contributed by atoms with Crippen molar-refractivity contribution in [2.75, 3.05) is 38.0 Å². The molecule has 0 unspecified atom stereocenters. The van der Waals surface area contributed by atoms with E-state index in [-0.39, 0.29) is 36.1 Å². The molecule has 1 aliphatic heterocycles. The zero-order chi connectivity index (χ0) is 30.3. The largest absolute Gasteiger partial charge is 0.483 e. The molecule has 42 heavy (non-hydrogen) atoms. The van der Waals surface area contributed by atoms with E-state index in [1.807, 2.05) is 12.0 Å². The maximum atomic E-state index is 13.4. The molecule has 16 heteroatoms. The highest BCUT2D eigenvalue weighted by Crippen LogP contribution is 2.36. The number of aromatic amines is 1. The molecule has 5 rings (SSSR count). The molecule has 0 spiro atoms. The molecular formula is C26H28F3N9O4. The van der Waals surface area contributed by atoms with Crippen LogP contribution in [-0.2, 0) is 22.2 Å². The first-order chi connectivity index (χ1) is 20.2. The molecule has 4 heterocycles. The average molecular weight is 588 g/mol. The van der Waals surface area contributed by atoms with Crippen molar-refractivity contribution in [2.24, 2.45) is 0 Å². The lowest BCUT2D eigenvalue weighted by Crippen LogP contribution is -2.49. The molecule has 0 bridgehead atoms. The van der Waals surface area contributed by atoms with Crippen molar-refractivity contribution < 1.29 is 32.7 Å². The number of halogens is 3. The Bertz CT molecular complexity index is 1560. The van der Waals surface area contributed by atoms with Crippen LogP contribution in [0.15, 0.2) is 43.0 Å². The number of carbonyl (C=O) groups is 3. The predicted octanol–water partition coefficient (Wildman–Crippen LogP) is 2.31. The highest BCUT2D eigenvalue weighted by Gasteiger charge is 2.36. The molecule has 0 aliphatic carbocycles. The number of fused-ring (bicyclic) bond motifs is 1. The Labute approximate surface area is 237 Å². The SMILES string of the molecule is CCc1cc(Nc2nccn3c(-c4cn[nH]c4C(F)(F)F)cnc23)ccc1C(=O)NCC(=O)N1CCNCC1.O=CO. The van der Waals surface area contributed by atoms with Crippen LogP contribution in [0.2, 0.25) is 0 Å². The van der Waals surface area contributed by atoms with Crippen molar-refractivity contribution in [1.29, 1.82) is 0 Å². The highest BCUT2D eigenvalue weighted by atomic mass is 19.4. The Hall–Kier alpha value is -4.99. The van der Waals surface area contributed by atoms with E-state index in [2.05, 4.69) is 31.0 Å². The van der Waals surface area contributed by atoms with Crippen molar-refractivity contribution >= 4 is 35.4 Å². The molecule has 13 nitrogen and oxygen atoms in total. The van der Waals surface area contributed by atoms with E-state index in [4.69, 9.17) is 9.90 Å². The van der Waals surface area contributed by atoms with Gasteiger partial charge in [-0.2, -0.15) is 18.3 Å². The van der Waals surface area contributed by atoms with E-state index in [0.29, 0.717) is 42.2 Å². The highest BCUT2D eigenvalue weighted by molar-refractivity contribution is 5.98. The van der Waals surface area contributed by atoms with Crippen LogP contribution >= 0.6 is 0 Å². The van der Waals surface area contributed by atoms with Gasteiger partial charge >= 0.3 is 6.18 Å². The molecule has 0 atom stereocenters. The van der Waals surface area contributed by atoms with Gasteiger partial charge in [0, 0.05) is 49.8 Å². The quantitative estimate of drug-likeness (QED) is 0.204. The number of alkyl halides is 3. The number of hydrogen-bond donors (Lipinski definition) is 5. The Morgan fingerprint density at radius 1 is 1.17 bits per heavy atom. The number of carbonyl (C=O) groups excluding carboxylic acids is 2. The minimum absolute atomic E-state index is 0.0805. The van der Waals surface area contributed by atoms with E-state index in [1.165, 1.54) is 23.0 Å². The summed E-state index contributed by atoms with van der Waals surface area (Å²) in [5.74, 6) is -0.153. The number of aromatic nitrogens is 5. The van der Waals surface area contributed by atoms with Crippen molar-refractivity contribution in [2.45, 2.75) is 19.5 Å². The molecule has 3 aromatic heterocycles. The zero-order valence-electron chi connectivity index (χ0n) is 22.4. The summed E-state index contributed by atoms with van der Waals surface area (Å²) in [4.78, 5) is 43.9. The summed E-state index contributed by atoms with van der Waals surface area (Å²) in [6.45, 7) is 4.26. The first kappa shape index (κ1) is 30.0. The lowest BCUT2D eigenvalue weighted by Gasteiger charge is -2.27. The Balaban J connectivity index is 0.00000129. The van der Waals surface area contributed by atoms with Gasteiger partial charge in [0.05, 0.1) is 30.2 Å². The fraction of sp³-hybridized carbons (Fsp3) is 0.308. The third-order valence-electron chi connectivity index (χ3n) is 6.49. The van der Waals surface area contributed by atoms with Crippen molar-refractivity contribution in [3.63, 3.8) is 0 Å². The van der Waals surface area contributed by atoms with Crippen LogP contribution in [0, 0.1) is 0 Å². The number of nitrogens with zero attached hydrogens (tertiary/aromatic N) is 5. The number of H-pyrrole nitrogens is 1. The summed E-state index contributed by atoms with van der Waals surface area (Å²) in [6.07, 6.45) is 1.35. The molecule has 2 amide bonds. The summed E-state index contributed by atoms with van der Waals surface area (Å²) in [7, 11) is 0. The van der Waals surface area contributed by atoms with Crippen LogP contribution in [-0.4, -0.2) is 85.6 Å². The van der Waals surface area contributed by atoms with E-state index in [9.17, 15) is 22.8 Å². The van der Waals surface area contributed by atoms with E-state index >= 15 is 0 Å². The van der Waals surface area contributed by atoms with Gasteiger partial charge in [-0.3, -0.25) is 23.9 Å². The molecule has 4 aromatic rings. The molecule has 1 aromatic carbocycles. The number of amides is 2. The molecule has 222 valence electrons. The summed E-state index contributed by atoms with van der Waals surface area (Å²) >= 11 is 0. The average Bonchev–Trinajstić information content (AvgIpc) is 3.64. The van der Waals surface area contributed by atoms with Crippen LogP contribution in [0.3, 0.4) is 0 Å². The van der Waals surface area contributed by atoms with Crippen LogP contribution in [0.1, 0.15) is 28.5 Å². The Morgan fingerprint density at radius 2 is 1.90 bits per heavy atom. The first-order valence-corrected chi connectivity index (χ1v) is 12.8. The summed E-state index contributed by atoms with van der Waals surface area (Å²) in [6, 6.07) is 5.14. The normalized spacial score (nSPS) is 13.3. The topological polar surface area (TPSA) is 170 Å². The summed E-state index contributed by atoms with van der Waals surface area (Å²) < 4.78 is 41.7. The van der Waals surface area contributed by atoms with Crippen molar-refractivity contribution in [3.8, 4) is 11.3 Å². The number of hydrogen-bond acceptors (Lipinski definition) is 8. The second-order valence-electron chi connectivity index (χ2n) is 9.04. The third-order valence-corrected chi connectivity index (χ3v) is 6.49. The van der Waals surface area contributed by atoms with Gasteiger partial charge in [0.15, 0.2) is 11.5 Å². The lowest BCUT2D eigenvalue weighted by atomic mass is 10.0. The molecule has 5 N–H and O–H groups in total. The zero-order valence-corrected chi connectivity index (χ0v) is 22.4. The van der Waals surface area contributed by atoms with Gasteiger partial charge in [0.2, 0.25) is 5.91 Å². The van der Waals surface area contributed by atoms with Crippen LogP contribution < -0.4 is 16.0 Å². The number of piperazine rings is 1. The molecule has 1 saturated heterocycles. The van der Waals surface area contributed by atoms with E-state index < -0.39 is 11.9 Å². The number of benzene rings is 1. The fourth-order valence-electron chi connectivity index (χ4n) is 4.50. The van der Waals surface area contributed by atoms with Gasteiger partial charge in [-0.05, 0) is 30.2 Å². The van der Waals surface area contributed by atoms with Crippen molar-refractivity contribution in [1.82, 2.24) is 40.1 Å². The van der Waals surface area contributed by atoms with Gasteiger partial charge in [0.25, 0.3) is 12.4 Å². The standard InChI is InChI=1S/C25H26F3N9O2.CH2O2/c1-2-15-11-16(3-4-17(15)24(39)32-14-20(38)36-8-5-29-6-9-36)34-22-23-31-13-19(37(23)10-7-30-22)18-12-33-35-21(18)25(26,27)28;2-1-3/h3-4,7,10-13,29H,2,5-6,8-9,14H2,1H3,(H,30,34)(H,32,39)(H,33,35);1H,(H,2,3). The van der Waals surface area contributed by atoms with Crippen molar-refractivity contribution in [3.05, 3.63) is 59.8 Å². The lowest BCUT2D eigenvalue weighted by molar-refractivity contribution is -0.140. The van der Waals surface area contributed by atoms with Gasteiger partial charge in [-0.25, -0.2) is 9.97 Å². The maximum Gasteiger partial charge on any atom is 0.433 e. The second-order valence-corrected chi connectivity index (χ2v) is 9.04. The monoisotopic (exact) mass is 587 g/mol. The number of rotatable bonds is 7. The molecule has 1 aliphatic rings. The van der Waals surface area contributed by atoms with E-state index in [0.717, 1.165) is 24.8 Å². The van der Waals surface area contributed by atoms with Crippen LogP contribution in [0.5, 0.6) is 0 Å². The molecular weight excluding hydrogens is 559 g/mol. The number of carboxylic acid groups (broad SMARTS) is 1. The van der Waals surface area contributed by atoms with Gasteiger partial charge < -0.3 is 26.0 Å². The van der Waals surface area contributed by atoms with Gasteiger partial charge in [-0.15, -0.1) is 0 Å². The van der Waals surface area contributed by atoms with Crippen LogP contribution in [0.4, 0.5) is 24.7 Å². The Morgan fingerprint density at radius 3 is 2.60 bits per heavy atom. The van der Waals surface area contributed by atoms with E-state index in [1.54, 1.807) is 23.1 Å². The molecule has 0 radical (unpaired) electrons. The minimum atomic E-state index is -4.60. The fourth-order valence-corrected chi connectivity index (χ4v) is 4.50. The molecule has 0 saturated carbocycles. The second kappa shape index (κ2) is 13.1. The number of imidazole rings is 1. The van der Waals surface area contributed by atoms with Gasteiger partial charge in [0.1, 0.15) is 5.69 Å². The minimum Gasteiger partial charge on any atom is -0.483 e. The number of nitrogens with one attached hydrogen (secondary N) is 4. The summed E-state index contributed by atoms with van der Waals surface area (Å²) in [5.41, 5.74) is 1.23. The number of anilines is 2. The predicted molar refractivity (Wildman–Crippen MR) is 145 cm³/mol. The van der Waals surface area contributed by atoms with Gasteiger partial charge in [-0.1, -0.05) is 6.92 Å². The first-order valence-electron chi connectivity index (χ1n) is 12.8. The summed E-state index contributed by atoms with van der Waals surface area (Å²) in [5, 5.41) is 21.5. The smallest absolute Gasteiger partial charge is 0.433 e. The Kier molecular flexibility index (Phi) is 9.36. The number of aryl methyl sites for hydroxylation is 1. The molecule has 1 fully saturated rings. The third kappa shape index (κ3) is 6.65. The van der Waals surface area contributed by atoms with Crippen LogP contribution in [0.25, 0.3) is 16.9 Å². The maximum absolute atomic E-state index is 13.4.